The van der Waals surface area contributed by atoms with E-state index in [1.807, 2.05) is 0 Å². The molecule has 2 atom stereocenters. The number of carbonyl (C=O) groups excluding carboxylic acids is 1. The first-order valence-corrected chi connectivity index (χ1v) is 6.55. The van der Waals surface area contributed by atoms with E-state index in [9.17, 15) is 15.0 Å². The van der Waals surface area contributed by atoms with Gasteiger partial charge in [0.05, 0.1) is 17.8 Å². The van der Waals surface area contributed by atoms with Crippen LogP contribution in [0.5, 0.6) is 0 Å². The Labute approximate surface area is 117 Å². The van der Waals surface area contributed by atoms with Crippen molar-refractivity contribution in [1.29, 1.82) is 0 Å². The van der Waals surface area contributed by atoms with Gasteiger partial charge >= 0.3 is 0 Å². The molecule has 0 aliphatic carbocycles. The Kier molecular flexibility index (Phi) is 3.92. The lowest BCUT2D eigenvalue weighted by molar-refractivity contribution is 0.0572. The van der Waals surface area contributed by atoms with Gasteiger partial charge in [-0.1, -0.05) is 11.6 Å². The van der Waals surface area contributed by atoms with Crippen molar-refractivity contribution in [2.24, 2.45) is 0 Å². The molecule has 1 aliphatic heterocycles. The van der Waals surface area contributed by atoms with Gasteiger partial charge in [0.2, 0.25) is 0 Å². The highest BCUT2D eigenvalue weighted by molar-refractivity contribution is 14.1. The van der Waals surface area contributed by atoms with Gasteiger partial charge in [0.1, 0.15) is 0 Å². The zero-order chi connectivity index (χ0) is 12.6. The fourth-order valence-electron chi connectivity index (χ4n) is 1.77. The number of likely N-dealkylation sites (tertiary alicyclic amines) is 1. The number of aliphatic hydroxyl groups excluding tert-OH is 2. The third kappa shape index (κ3) is 2.73. The van der Waals surface area contributed by atoms with Crippen molar-refractivity contribution < 1.29 is 15.0 Å². The van der Waals surface area contributed by atoms with Crippen LogP contribution in [0.2, 0.25) is 5.02 Å². The Morgan fingerprint density at radius 1 is 1.35 bits per heavy atom. The third-order valence-electron chi connectivity index (χ3n) is 2.71. The SMILES string of the molecule is O=C(c1cc(Cl)ccc1I)N1CC(O)C(O)C1. The summed E-state index contributed by atoms with van der Waals surface area (Å²) in [6.45, 7) is 0.311. The number of nitrogens with zero attached hydrogens (tertiary/aromatic N) is 1. The Balaban J connectivity index is 2.23. The Morgan fingerprint density at radius 2 is 1.94 bits per heavy atom. The zero-order valence-corrected chi connectivity index (χ0v) is 11.7. The number of amides is 1. The van der Waals surface area contributed by atoms with E-state index in [1.165, 1.54) is 4.90 Å². The molecule has 2 unspecified atom stereocenters. The summed E-state index contributed by atoms with van der Waals surface area (Å²) >= 11 is 7.91. The van der Waals surface area contributed by atoms with E-state index in [4.69, 9.17) is 11.6 Å². The smallest absolute Gasteiger partial charge is 0.255 e. The third-order valence-corrected chi connectivity index (χ3v) is 3.88. The number of hydrogen-bond acceptors (Lipinski definition) is 3. The molecular formula is C11H11ClINO3. The number of rotatable bonds is 1. The maximum absolute atomic E-state index is 12.2. The maximum atomic E-state index is 12.2. The molecule has 2 N–H and O–H groups in total. The molecular weight excluding hydrogens is 356 g/mol. The van der Waals surface area contributed by atoms with Gasteiger partial charge in [0.15, 0.2) is 0 Å². The van der Waals surface area contributed by atoms with Crippen LogP contribution in [0.4, 0.5) is 0 Å². The molecule has 0 radical (unpaired) electrons. The molecule has 1 heterocycles. The van der Waals surface area contributed by atoms with Crippen LogP contribution in [0, 0.1) is 3.57 Å². The van der Waals surface area contributed by atoms with Gasteiger partial charge in [-0.25, -0.2) is 0 Å². The molecule has 0 bridgehead atoms. The lowest BCUT2D eigenvalue weighted by Crippen LogP contribution is -2.30. The predicted molar refractivity (Wildman–Crippen MR) is 72.1 cm³/mol. The Hall–Kier alpha value is -0.370. The lowest BCUT2D eigenvalue weighted by Gasteiger charge is -2.16. The predicted octanol–water partition coefficient (Wildman–Crippen LogP) is 1.12. The van der Waals surface area contributed by atoms with Crippen molar-refractivity contribution in [3.63, 3.8) is 0 Å². The highest BCUT2D eigenvalue weighted by Gasteiger charge is 2.33. The number of halogens is 2. The van der Waals surface area contributed by atoms with Gasteiger partial charge in [-0.05, 0) is 40.8 Å². The molecule has 1 fully saturated rings. The summed E-state index contributed by atoms with van der Waals surface area (Å²) in [6.07, 6.45) is -1.73. The number of aliphatic hydroxyl groups is 2. The van der Waals surface area contributed by atoms with Crippen molar-refractivity contribution in [2.45, 2.75) is 12.2 Å². The summed E-state index contributed by atoms with van der Waals surface area (Å²) in [7, 11) is 0. The zero-order valence-electron chi connectivity index (χ0n) is 8.81. The van der Waals surface area contributed by atoms with Crippen LogP contribution in [0.15, 0.2) is 18.2 Å². The Morgan fingerprint density at radius 3 is 2.53 bits per heavy atom. The normalized spacial score (nSPS) is 24.1. The van der Waals surface area contributed by atoms with Gasteiger partial charge in [-0.3, -0.25) is 4.79 Å². The summed E-state index contributed by atoms with van der Waals surface area (Å²) in [6, 6.07) is 5.08. The molecule has 0 spiro atoms. The quantitative estimate of drug-likeness (QED) is 0.732. The van der Waals surface area contributed by atoms with E-state index in [2.05, 4.69) is 22.6 Å². The number of hydrogen-bond donors (Lipinski definition) is 2. The summed E-state index contributed by atoms with van der Waals surface area (Å²) < 4.78 is 0.799. The van der Waals surface area contributed by atoms with Gasteiger partial charge in [0, 0.05) is 21.7 Å². The van der Waals surface area contributed by atoms with Crippen molar-refractivity contribution in [1.82, 2.24) is 4.90 Å². The monoisotopic (exact) mass is 367 g/mol. The van der Waals surface area contributed by atoms with E-state index >= 15 is 0 Å². The fourth-order valence-corrected chi connectivity index (χ4v) is 2.51. The highest BCUT2D eigenvalue weighted by atomic mass is 127. The minimum atomic E-state index is -0.865. The van der Waals surface area contributed by atoms with Crippen molar-refractivity contribution in [3.8, 4) is 0 Å². The van der Waals surface area contributed by atoms with E-state index in [-0.39, 0.29) is 19.0 Å². The van der Waals surface area contributed by atoms with Crippen LogP contribution in [0.25, 0.3) is 0 Å². The minimum absolute atomic E-state index is 0.155. The molecule has 6 heteroatoms. The molecule has 1 aliphatic rings. The van der Waals surface area contributed by atoms with E-state index < -0.39 is 12.2 Å². The lowest BCUT2D eigenvalue weighted by atomic mass is 10.2. The first-order valence-electron chi connectivity index (χ1n) is 5.09. The van der Waals surface area contributed by atoms with E-state index in [0.717, 1.165) is 3.57 Å². The summed E-state index contributed by atoms with van der Waals surface area (Å²) in [4.78, 5) is 13.6. The molecule has 1 aromatic carbocycles. The molecule has 1 amide bonds. The molecule has 2 rings (SSSR count). The highest BCUT2D eigenvalue weighted by Crippen LogP contribution is 2.21. The molecule has 4 nitrogen and oxygen atoms in total. The number of β-amino-alcohol motifs (C(OH)–C–C–N with tert-alkyl or cyclic N) is 2. The van der Waals surface area contributed by atoms with Crippen molar-refractivity contribution >= 4 is 40.1 Å². The Bertz CT molecular complexity index is 444. The first-order chi connectivity index (χ1) is 7.99. The molecule has 17 heavy (non-hydrogen) atoms. The van der Waals surface area contributed by atoms with Crippen molar-refractivity contribution in [2.75, 3.05) is 13.1 Å². The molecule has 0 aromatic heterocycles. The van der Waals surface area contributed by atoms with Crippen LogP contribution in [0.3, 0.4) is 0 Å². The summed E-state index contributed by atoms with van der Waals surface area (Å²) in [5.74, 6) is -0.215. The van der Waals surface area contributed by atoms with Gasteiger partial charge in [-0.15, -0.1) is 0 Å². The first kappa shape index (κ1) is 13.1. The number of carbonyl (C=O) groups is 1. The fraction of sp³-hybridized carbons (Fsp3) is 0.364. The molecule has 0 saturated carbocycles. The van der Waals surface area contributed by atoms with Gasteiger partial charge in [0.25, 0.3) is 5.91 Å². The van der Waals surface area contributed by atoms with E-state index in [1.54, 1.807) is 18.2 Å². The molecule has 92 valence electrons. The molecule has 1 aromatic rings. The second kappa shape index (κ2) is 5.09. The molecule has 1 saturated heterocycles. The average Bonchev–Trinajstić information content (AvgIpc) is 2.62. The standard InChI is InChI=1S/C11H11ClINO3/c12-6-1-2-8(13)7(3-6)11(17)14-4-9(15)10(16)5-14/h1-3,9-10,15-16H,4-5H2. The topological polar surface area (TPSA) is 60.8 Å². The van der Waals surface area contributed by atoms with Crippen LogP contribution >= 0.6 is 34.2 Å². The van der Waals surface area contributed by atoms with Crippen LogP contribution in [-0.4, -0.2) is 46.3 Å². The van der Waals surface area contributed by atoms with Crippen molar-refractivity contribution in [3.05, 3.63) is 32.4 Å². The largest absolute Gasteiger partial charge is 0.388 e. The van der Waals surface area contributed by atoms with Gasteiger partial charge in [-0.2, -0.15) is 0 Å². The van der Waals surface area contributed by atoms with Crippen LogP contribution in [-0.2, 0) is 0 Å². The summed E-state index contributed by atoms with van der Waals surface area (Å²) in [5, 5.41) is 19.3. The minimum Gasteiger partial charge on any atom is -0.388 e. The number of benzene rings is 1. The summed E-state index contributed by atoms with van der Waals surface area (Å²) in [5.41, 5.74) is 0.499. The second-order valence-corrected chi connectivity index (χ2v) is 5.57. The van der Waals surface area contributed by atoms with E-state index in [0.29, 0.717) is 10.6 Å². The van der Waals surface area contributed by atoms with Gasteiger partial charge < -0.3 is 15.1 Å². The van der Waals surface area contributed by atoms with Crippen LogP contribution < -0.4 is 0 Å². The maximum Gasteiger partial charge on any atom is 0.255 e. The average molecular weight is 368 g/mol. The van der Waals surface area contributed by atoms with Crippen LogP contribution in [0.1, 0.15) is 10.4 Å². The second-order valence-electron chi connectivity index (χ2n) is 3.97.